The van der Waals surface area contributed by atoms with Crippen LogP contribution in [-0.2, 0) is 14.6 Å². The molecule has 3 aromatic rings. The Bertz CT molecular complexity index is 1510. The Morgan fingerprint density at radius 3 is 2.42 bits per heavy atom. The number of ether oxygens (including phenoxy) is 3. The van der Waals surface area contributed by atoms with Crippen LogP contribution in [0.3, 0.4) is 0 Å². The van der Waals surface area contributed by atoms with E-state index >= 15 is 0 Å². The molecule has 0 saturated carbocycles. The van der Waals surface area contributed by atoms with Crippen molar-refractivity contribution in [1.29, 1.82) is 0 Å². The van der Waals surface area contributed by atoms with Gasteiger partial charge in [0.25, 0.3) is 0 Å². The molecule has 1 saturated heterocycles. The Balaban J connectivity index is 1.71. The summed E-state index contributed by atoms with van der Waals surface area (Å²) in [6, 6.07) is 6.10. The molecule has 1 aliphatic heterocycles. The number of methoxy groups -OCH3 is 2. The molecule has 3 N–H and O–H groups in total. The summed E-state index contributed by atoms with van der Waals surface area (Å²) in [5.74, 6) is 0.398. The maximum Gasteiger partial charge on any atom is 0.315 e. The number of sulfone groups is 1. The van der Waals surface area contributed by atoms with Gasteiger partial charge in [-0.1, -0.05) is 6.92 Å². The summed E-state index contributed by atoms with van der Waals surface area (Å²) in [6.07, 6.45) is -0.502. The summed E-state index contributed by atoms with van der Waals surface area (Å²) in [5, 5.41) is 11.6. The number of nitrogens with zero attached hydrogens (tertiary/aromatic N) is 6. The third-order valence-electron chi connectivity index (χ3n) is 6.06. The molecule has 0 aliphatic carbocycles. The maximum atomic E-state index is 14.3. The van der Waals surface area contributed by atoms with Crippen LogP contribution in [0.25, 0.3) is 0 Å². The van der Waals surface area contributed by atoms with Gasteiger partial charge in [0, 0.05) is 30.9 Å². The van der Waals surface area contributed by atoms with Crippen molar-refractivity contribution in [3.8, 4) is 11.5 Å². The van der Waals surface area contributed by atoms with Crippen molar-refractivity contribution in [3.63, 3.8) is 0 Å². The number of nitrogens with two attached hydrogens (primary N) is 1. The fourth-order valence-electron chi connectivity index (χ4n) is 3.97. The Labute approximate surface area is 231 Å². The predicted molar refractivity (Wildman–Crippen MR) is 148 cm³/mol. The number of morpholine rings is 1. The molecule has 1 aromatic heterocycles. The van der Waals surface area contributed by atoms with Crippen molar-refractivity contribution in [1.82, 2.24) is 15.0 Å². The first kappa shape index (κ1) is 28.9. The van der Waals surface area contributed by atoms with Gasteiger partial charge in [-0.3, -0.25) is 0 Å². The zero-order valence-electron chi connectivity index (χ0n) is 22.6. The highest BCUT2D eigenvalue weighted by atomic mass is 32.2. The highest BCUT2D eigenvalue weighted by molar-refractivity contribution is 7.91. The Morgan fingerprint density at radius 2 is 1.75 bits per heavy atom. The molecule has 0 bridgehead atoms. The van der Waals surface area contributed by atoms with Crippen molar-refractivity contribution in [2.45, 2.75) is 25.2 Å². The zero-order valence-corrected chi connectivity index (χ0v) is 23.5. The minimum atomic E-state index is -3.60. The van der Waals surface area contributed by atoms with Crippen molar-refractivity contribution < 1.29 is 27.0 Å². The monoisotopic (exact) mass is 574 g/mol. The second kappa shape index (κ2) is 12.4. The molecule has 15 heteroatoms. The molecule has 0 amide bonds. The number of halogens is 1. The Morgan fingerprint density at radius 1 is 1.05 bits per heavy atom. The summed E-state index contributed by atoms with van der Waals surface area (Å²) in [7, 11) is -0.823. The topological polar surface area (TPSA) is 167 Å². The number of nitrogen functional groups attached to an aromatic ring is 1. The molecule has 1 fully saturated rings. The van der Waals surface area contributed by atoms with E-state index in [2.05, 4.69) is 30.5 Å². The lowest BCUT2D eigenvalue weighted by Gasteiger charge is -2.26. The van der Waals surface area contributed by atoms with E-state index in [-0.39, 0.29) is 39.7 Å². The first-order chi connectivity index (χ1) is 19.1. The van der Waals surface area contributed by atoms with Crippen molar-refractivity contribution >= 4 is 44.5 Å². The van der Waals surface area contributed by atoms with E-state index in [1.54, 1.807) is 30.9 Å². The van der Waals surface area contributed by atoms with Gasteiger partial charge in [0.05, 0.1) is 38.9 Å². The van der Waals surface area contributed by atoms with Crippen molar-refractivity contribution in [3.05, 3.63) is 35.9 Å². The smallest absolute Gasteiger partial charge is 0.315 e. The lowest BCUT2D eigenvalue weighted by molar-refractivity contribution is 0.122. The molecule has 214 valence electrons. The average molecular weight is 575 g/mol. The standard InChI is InChI=1S/C25H31FN8O5S/c1-5-10-40(35,36)22-14-20(37-3)19(13-21(22)38-4)33-32-18-11-15(2)16(27)12-17(18)28-24-29-23(26)30-25(31-24)34-6-8-39-9-7-34/h11-14H,5-10,27H2,1-4H3,(H,28,29,30,31). The number of nitrogens with one attached hydrogen (secondary N) is 1. The van der Waals surface area contributed by atoms with Gasteiger partial charge in [-0.25, -0.2) is 8.42 Å². The number of aryl methyl sites for hydroxylation is 1. The quantitative estimate of drug-likeness (QED) is 0.264. The van der Waals surface area contributed by atoms with E-state index in [4.69, 9.17) is 19.9 Å². The third-order valence-corrected chi connectivity index (χ3v) is 7.99. The number of anilines is 4. The van der Waals surface area contributed by atoms with Crippen LogP contribution in [0.2, 0.25) is 0 Å². The SMILES string of the molecule is CCCS(=O)(=O)c1cc(OC)c(N=Nc2cc(C)c(N)cc2Nc2nc(F)nc(N3CCOCC3)n2)cc1OC. The molecular formula is C25H31FN8O5S. The average Bonchev–Trinajstić information content (AvgIpc) is 2.93. The first-order valence-electron chi connectivity index (χ1n) is 12.5. The number of hydrogen-bond acceptors (Lipinski definition) is 13. The number of aromatic nitrogens is 3. The van der Waals surface area contributed by atoms with E-state index in [9.17, 15) is 12.8 Å². The van der Waals surface area contributed by atoms with Crippen LogP contribution in [0, 0.1) is 13.0 Å². The molecule has 0 atom stereocenters. The molecule has 0 spiro atoms. The highest BCUT2D eigenvalue weighted by Crippen LogP contribution is 2.40. The molecule has 0 unspecified atom stereocenters. The van der Waals surface area contributed by atoms with Crippen LogP contribution in [0.1, 0.15) is 18.9 Å². The second-order valence-corrected chi connectivity index (χ2v) is 10.9. The molecule has 2 aromatic carbocycles. The van der Waals surface area contributed by atoms with Crippen LogP contribution in [0.15, 0.2) is 39.4 Å². The highest BCUT2D eigenvalue weighted by Gasteiger charge is 2.23. The largest absolute Gasteiger partial charge is 0.495 e. The summed E-state index contributed by atoms with van der Waals surface area (Å²) in [6.45, 7) is 5.57. The summed E-state index contributed by atoms with van der Waals surface area (Å²) in [5.41, 5.74) is 8.24. The fourth-order valence-corrected chi connectivity index (χ4v) is 5.47. The zero-order chi connectivity index (χ0) is 28.9. The molecule has 1 aliphatic rings. The lowest BCUT2D eigenvalue weighted by atomic mass is 10.1. The molecule has 4 rings (SSSR count). The van der Waals surface area contributed by atoms with Gasteiger partial charge in [0.2, 0.25) is 11.9 Å². The van der Waals surface area contributed by atoms with Crippen LogP contribution >= 0.6 is 0 Å². The van der Waals surface area contributed by atoms with Gasteiger partial charge < -0.3 is 30.2 Å². The number of rotatable bonds is 10. The van der Waals surface area contributed by atoms with Gasteiger partial charge in [-0.05, 0) is 31.0 Å². The number of benzene rings is 2. The van der Waals surface area contributed by atoms with E-state index in [0.717, 1.165) is 5.56 Å². The third kappa shape index (κ3) is 6.54. The predicted octanol–water partition coefficient (Wildman–Crippen LogP) is 4.10. The van der Waals surface area contributed by atoms with Gasteiger partial charge >= 0.3 is 6.08 Å². The van der Waals surface area contributed by atoms with E-state index in [1.807, 2.05) is 0 Å². The number of azo groups is 1. The van der Waals surface area contributed by atoms with E-state index in [1.165, 1.54) is 26.4 Å². The first-order valence-corrected chi connectivity index (χ1v) is 14.1. The minimum absolute atomic E-state index is 0.00581. The molecule has 40 heavy (non-hydrogen) atoms. The Hall–Kier alpha value is -4.11. The summed E-state index contributed by atoms with van der Waals surface area (Å²) < 4.78 is 55.9. The Kier molecular flexibility index (Phi) is 8.94. The molecular weight excluding hydrogens is 543 g/mol. The lowest BCUT2D eigenvalue weighted by Crippen LogP contribution is -2.37. The van der Waals surface area contributed by atoms with Crippen LogP contribution in [0.5, 0.6) is 11.5 Å². The van der Waals surface area contributed by atoms with Crippen molar-refractivity contribution in [2.24, 2.45) is 10.2 Å². The molecule has 0 radical (unpaired) electrons. The minimum Gasteiger partial charge on any atom is -0.495 e. The molecule has 13 nitrogen and oxygen atoms in total. The van der Waals surface area contributed by atoms with Gasteiger partial charge in [-0.2, -0.15) is 19.3 Å². The van der Waals surface area contributed by atoms with Crippen LogP contribution in [-0.4, -0.2) is 69.6 Å². The molecule has 2 heterocycles. The normalized spacial score (nSPS) is 14.0. The summed E-state index contributed by atoms with van der Waals surface area (Å²) in [4.78, 5) is 13.7. The summed E-state index contributed by atoms with van der Waals surface area (Å²) >= 11 is 0. The van der Waals surface area contributed by atoms with Crippen molar-refractivity contribution in [2.75, 3.05) is 62.2 Å². The fraction of sp³-hybridized carbons (Fsp3) is 0.400. The second-order valence-electron chi connectivity index (χ2n) is 8.87. The van der Waals surface area contributed by atoms with Crippen LogP contribution < -0.4 is 25.4 Å². The van der Waals surface area contributed by atoms with E-state index < -0.39 is 15.9 Å². The van der Waals surface area contributed by atoms with Crippen LogP contribution in [0.4, 0.5) is 39.0 Å². The number of hydrogen-bond donors (Lipinski definition) is 2. The maximum absolute atomic E-state index is 14.3. The van der Waals surface area contributed by atoms with Gasteiger partial charge in [0.1, 0.15) is 27.8 Å². The van der Waals surface area contributed by atoms with E-state index in [0.29, 0.717) is 49.8 Å². The van der Waals surface area contributed by atoms with Gasteiger partial charge in [0.15, 0.2) is 9.84 Å². The van der Waals surface area contributed by atoms with Gasteiger partial charge in [-0.15, -0.1) is 10.2 Å².